The van der Waals surface area contributed by atoms with Crippen molar-refractivity contribution in [1.29, 1.82) is 0 Å². The first-order valence-electron chi connectivity index (χ1n) is 7.84. The van der Waals surface area contributed by atoms with E-state index in [1.807, 2.05) is 0 Å². The zero-order valence-electron chi connectivity index (χ0n) is 13.5. The molecule has 5 rings (SSSR count). The second kappa shape index (κ2) is 4.97. The second-order valence-corrected chi connectivity index (χ2v) is 6.16. The van der Waals surface area contributed by atoms with E-state index in [0.29, 0.717) is 45.4 Å². The van der Waals surface area contributed by atoms with Crippen LogP contribution >= 0.6 is 0 Å². The molecule has 0 fully saturated rings. The number of fused-ring (bicyclic) bond motifs is 2. The highest BCUT2D eigenvalue weighted by Crippen LogP contribution is 2.50. The highest BCUT2D eigenvalue weighted by Gasteiger charge is 2.43. The average molecular weight is 356 g/mol. The van der Waals surface area contributed by atoms with Gasteiger partial charge in [-0.2, -0.15) is 5.10 Å². The number of nitro benzene ring substituents is 1. The molecule has 1 unspecified atom stereocenters. The van der Waals surface area contributed by atoms with Crippen molar-refractivity contribution in [3.63, 3.8) is 0 Å². The molecule has 3 aliphatic heterocycles. The van der Waals surface area contributed by atoms with E-state index < -0.39 is 16.8 Å². The molecule has 3 aliphatic rings. The summed E-state index contributed by atoms with van der Waals surface area (Å²) < 4.78 is 15.8. The van der Waals surface area contributed by atoms with Gasteiger partial charge in [0.2, 0.25) is 6.79 Å². The van der Waals surface area contributed by atoms with Gasteiger partial charge < -0.3 is 19.5 Å². The Morgan fingerprint density at radius 3 is 2.81 bits per heavy atom. The van der Waals surface area contributed by atoms with Gasteiger partial charge in [0.1, 0.15) is 6.61 Å². The first-order chi connectivity index (χ1) is 12.5. The van der Waals surface area contributed by atoms with Crippen LogP contribution in [0.2, 0.25) is 0 Å². The summed E-state index contributed by atoms with van der Waals surface area (Å²) in [6.07, 6.45) is 0. The smallest absolute Gasteiger partial charge is 0.337 e. The Morgan fingerprint density at radius 2 is 2.04 bits per heavy atom. The number of H-pyrrole nitrogens is 1. The molecule has 0 bridgehead atoms. The summed E-state index contributed by atoms with van der Waals surface area (Å²) in [5.41, 5.74) is 2.47. The summed E-state index contributed by atoms with van der Waals surface area (Å²) in [5, 5.41) is 21.9. The number of carbonyl (C=O) groups excluding carboxylic acids is 1. The van der Waals surface area contributed by atoms with E-state index in [0.717, 1.165) is 0 Å². The Bertz CT molecular complexity index is 1020. The van der Waals surface area contributed by atoms with E-state index in [-0.39, 0.29) is 19.1 Å². The zero-order chi connectivity index (χ0) is 18.0. The highest BCUT2D eigenvalue weighted by molar-refractivity contribution is 5.97. The minimum absolute atomic E-state index is 0.00581. The SMILES string of the molecule is Cc1[nH]nc2c1C(c1cc3c(cc1[N+](=O)[O-])OCO3)C1=C(COC1=O)N2. The number of hydrogen-bond donors (Lipinski definition) is 2. The number of rotatable bonds is 2. The fraction of sp³-hybridized carbons (Fsp3) is 0.250. The fourth-order valence-electron chi connectivity index (χ4n) is 3.63. The quantitative estimate of drug-likeness (QED) is 0.473. The van der Waals surface area contributed by atoms with Gasteiger partial charge in [-0.1, -0.05) is 0 Å². The van der Waals surface area contributed by atoms with Crippen LogP contribution in [0, 0.1) is 17.0 Å². The van der Waals surface area contributed by atoms with Crippen LogP contribution in [0.1, 0.15) is 22.7 Å². The molecule has 0 spiro atoms. The summed E-state index contributed by atoms with van der Waals surface area (Å²) in [4.78, 5) is 23.6. The van der Waals surface area contributed by atoms with Crippen molar-refractivity contribution in [2.75, 3.05) is 18.7 Å². The van der Waals surface area contributed by atoms with E-state index in [2.05, 4.69) is 15.5 Å². The molecule has 2 aromatic rings. The number of nitrogens with one attached hydrogen (secondary N) is 2. The van der Waals surface area contributed by atoms with Crippen LogP contribution in [0.4, 0.5) is 11.5 Å². The third-order valence-electron chi connectivity index (χ3n) is 4.76. The summed E-state index contributed by atoms with van der Waals surface area (Å²) in [7, 11) is 0. The third kappa shape index (κ3) is 1.86. The predicted molar refractivity (Wildman–Crippen MR) is 86.0 cm³/mol. The lowest BCUT2D eigenvalue weighted by Crippen LogP contribution is -2.20. The Balaban J connectivity index is 1.80. The molecule has 0 saturated heterocycles. The predicted octanol–water partition coefficient (Wildman–Crippen LogP) is 1.72. The molecule has 1 aromatic carbocycles. The first-order valence-corrected chi connectivity index (χ1v) is 7.84. The zero-order valence-corrected chi connectivity index (χ0v) is 13.5. The van der Waals surface area contributed by atoms with Crippen LogP contribution in [-0.2, 0) is 9.53 Å². The first kappa shape index (κ1) is 14.8. The molecule has 1 aromatic heterocycles. The minimum atomic E-state index is -0.690. The van der Waals surface area contributed by atoms with Crippen molar-refractivity contribution in [3.8, 4) is 11.5 Å². The van der Waals surface area contributed by atoms with Gasteiger partial charge in [0.25, 0.3) is 5.69 Å². The number of aromatic amines is 1. The van der Waals surface area contributed by atoms with Crippen LogP contribution in [0.3, 0.4) is 0 Å². The average Bonchev–Trinajstić information content (AvgIpc) is 3.32. The van der Waals surface area contributed by atoms with E-state index in [1.165, 1.54) is 6.07 Å². The normalized spacial score (nSPS) is 19.7. The summed E-state index contributed by atoms with van der Waals surface area (Å²) in [6, 6.07) is 2.89. The molecule has 0 radical (unpaired) electrons. The number of aromatic nitrogens is 2. The van der Waals surface area contributed by atoms with Gasteiger partial charge in [-0.15, -0.1) is 0 Å². The number of benzene rings is 1. The van der Waals surface area contributed by atoms with Crippen LogP contribution < -0.4 is 14.8 Å². The number of anilines is 1. The van der Waals surface area contributed by atoms with Crippen LogP contribution in [0.25, 0.3) is 0 Å². The molecule has 2 N–H and O–H groups in total. The molecule has 0 aliphatic carbocycles. The van der Waals surface area contributed by atoms with Crippen LogP contribution in [0.5, 0.6) is 11.5 Å². The molecular formula is C16H12N4O6. The lowest BCUT2D eigenvalue weighted by molar-refractivity contribution is -0.385. The number of nitrogens with zero attached hydrogens (tertiary/aromatic N) is 2. The molecule has 26 heavy (non-hydrogen) atoms. The van der Waals surface area contributed by atoms with E-state index in [9.17, 15) is 14.9 Å². The second-order valence-electron chi connectivity index (χ2n) is 6.16. The van der Waals surface area contributed by atoms with Crippen molar-refractivity contribution in [2.45, 2.75) is 12.8 Å². The molecule has 4 heterocycles. The number of nitro groups is 1. The maximum atomic E-state index is 12.4. The van der Waals surface area contributed by atoms with E-state index >= 15 is 0 Å². The lowest BCUT2D eigenvalue weighted by atomic mass is 9.81. The van der Waals surface area contributed by atoms with Crippen molar-refractivity contribution in [2.24, 2.45) is 0 Å². The van der Waals surface area contributed by atoms with Crippen LogP contribution in [-0.4, -0.2) is 34.5 Å². The van der Waals surface area contributed by atoms with Gasteiger partial charge in [-0.3, -0.25) is 15.2 Å². The fourth-order valence-corrected chi connectivity index (χ4v) is 3.63. The van der Waals surface area contributed by atoms with Gasteiger partial charge in [-0.25, -0.2) is 4.79 Å². The Morgan fingerprint density at radius 1 is 1.27 bits per heavy atom. The largest absolute Gasteiger partial charge is 0.456 e. The van der Waals surface area contributed by atoms with E-state index in [4.69, 9.17) is 14.2 Å². The molecular weight excluding hydrogens is 344 g/mol. The number of hydrogen-bond acceptors (Lipinski definition) is 8. The summed E-state index contributed by atoms with van der Waals surface area (Å²) in [5.74, 6) is 0.0409. The summed E-state index contributed by atoms with van der Waals surface area (Å²) in [6.45, 7) is 1.87. The maximum absolute atomic E-state index is 12.4. The number of esters is 1. The van der Waals surface area contributed by atoms with E-state index in [1.54, 1.807) is 13.0 Å². The Hall–Kier alpha value is -3.56. The lowest BCUT2D eigenvalue weighted by Gasteiger charge is -2.24. The molecule has 10 nitrogen and oxygen atoms in total. The minimum Gasteiger partial charge on any atom is -0.456 e. The van der Waals surface area contributed by atoms with Crippen molar-refractivity contribution < 1.29 is 23.9 Å². The van der Waals surface area contributed by atoms with Gasteiger partial charge in [0, 0.05) is 16.8 Å². The topological polar surface area (TPSA) is 129 Å². The van der Waals surface area contributed by atoms with Crippen LogP contribution in [0.15, 0.2) is 23.4 Å². The Labute approximate surface area is 145 Å². The monoisotopic (exact) mass is 356 g/mol. The number of aryl methyl sites for hydroxylation is 1. The maximum Gasteiger partial charge on any atom is 0.337 e. The van der Waals surface area contributed by atoms with Crippen molar-refractivity contribution in [3.05, 3.63) is 50.3 Å². The molecule has 1 atom stereocenters. The van der Waals surface area contributed by atoms with Gasteiger partial charge in [0.05, 0.1) is 28.2 Å². The van der Waals surface area contributed by atoms with Crippen molar-refractivity contribution >= 4 is 17.5 Å². The molecule has 0 amide bonds. The number of carbonyl (C=O) groups is 1. The molecule has 132 valence electrons. The number of cyclic esters (lactones) is 1. The van der Waals surface area contributed by atoms with Gasteiger partial charge in [-0.05, 0) is 13.0 Å². The standard InChI is InChI=1S/C16H12N4O6/c1-6-12-13(14-8(4-24-16(14)21)17-15(12)19-18-6)7-2-10-11(26-5-25-10)3-9(7)20(22)23/h2-3,13H,4-5H2,1H3,(H2,17,18,19). The molecule has 10 heteroatoms. The number of ether oxygens (including phenoxy) is 3. The van der Waals surface area contributed by atoms with Crippen molar-refractivity contribution in [1.82, 2.24) is 10.2 Å². The summed E-state index contributed by atoms with van der Waals surface area (Å²) >= 11 is 0. The van der Waals surface area contributed by atoms with Gasteiger partial charge >= 0.3 is 5.97 Å². The highest BCUT2D eigenvalue weighted by atomic mass is 16.7. The Kier molecular flexibility index (Phi) is 2.82. The molecule has 0 saturated carbocycles. The third-order valence-corrected chi connectivity index (χ3v) is 4.76. The van der Waals surface area contributed by atoms with Gasteiger partial charge in [0.15, 0.2) is 17.3 Å².